The van der Waals surface area contributed by atoms with Crippen LogP contribution in [0.4, 0.5) is 22.0 Å². The van der Waals surface area contributed by atoms with E-state index in [-0.39, 0.29) is 4.88 Å². The molecule has 15 heavy (non-hydrogen) atoms. The van der Waals surface area contributed by atoms with E-state index in [0.29, 0.717) is 3.79 Å². The quantitative estimate of drug-likeness (QED) is 0.530. The van der Waals surface area contributed by atoms with Crippen LogP contribution in [0.5, 0.6) is 0 Å². The van der Waals surface area contributed by atoms with E-state index in [2.05, 4.69) is 15.9 Å². The maximum atomic E-state index is 12.8. The Hall–Kier alpha value is 0.120. The van der Waals surface area contributed by atoms with Crippen LogP contribution in [0.15, 0.2) is 15.9 Å². The summed E-state index contributed by atoms with van der Waals surface area (Å²) in [4.78, 5) is -0.231. The van der Waals surface area contributed by atoms with Crippen molar-refractivity contribution in [1.29, 1.82) is 0 Å². The molecule has 0 bridgehead atoms. The highest BCUT2D eigenvalue weighted by atomic mass is 79.9. The lowest BCUT2D eigenvalue weighted by molar-refractivity contribution is -0.283. The van der Waals surface area contributed by atoms with Crippen LogP contribution in [-0.2, 0) is 0 Å². The van der Waals surface area contributed by atoms with Gasteiger partial charge in [-0.25, -0.2) is 0 Å². The molecule has 1 unspecified atom stereocenters. The second-order valence-electron chi connectivity index (χ2n) is 2.63. The van der Waals surface area contributed by atoms with Gasteiger partial charge >= 0.3 is 12.1 Å². The van der Waals surface area contributed by atoms with E-state index >= 15 is 0 Å². The number of hydrogen-bond donors (Lipinski definition) is 0. The Kier molecular flexibility index (Phi) is 3.67. The van der Waals surface area contributed by atoms with E-state index in [9.17, 15) is 22.0 Å². The number of rotatable bonds is 2. The van der Waals surface area contributed by atoms with E-state index in [4.69, 9.17) is 11.6 Å². The van der Waals surface area contributed by atoms with Gasteiger partial charge in [0.05, 0.1) is 3.79 Å². The minimum Gasteiger partial charge on any atom is -0.194 e. The van der Waals surface area contributed by atoms with E-state index in [1.807, 2.05) is 0 Å². The molecule has 1 atom stereocenters. The highest BCUT2D eigenvalue weighted by molar-refractivity contribution is 9.11. The van der Waals surface area contributed by atoms with Crippen molar-refractivity contribution in [2.45, 2.75) is 17.5 Å². The zero-order chi connectivity index (χ0) is 11.9. The van der Waals surface area contributed by atoms with Gasteiger partial charge in [0.2, 0.25) is 0 Å². The minimum atomic E-state index is -5.64. The van der Waals surface area contributed by atoms with Crippen molar-refractivity contribution >= 4 is 38.9 Å². The molecule has 86 valence electrons. The van der Waals surface area contributed by atoms with Gasteiger partial charge < -0.3 is 0 Å². The predicted molar refractivity (Wildman–Crippen MR) is 51.6 cm³/mol. The average Bonchev–Trinajstić information content (AvgIpc) is 2.48. The molecule has 1 aromatic heterocycles. The molecule has 0 aromatic carbocycles. The molecule has 0 aliphatic carbocycles. The van der Waals surface area contributed by atoms with Crippen molar-refractivity contribution in [3.63, 3.8) is 0 Å². The van der Waals surface area contributed by atoms with Crippen LogP contribution in [0, 0.1) is 0 Å². The number of alkyl halides is 6. The second-order valence-corrected chi connectivity index (χ2v) is 5.56. The van der Waals surface area contributed by atoms with Crippen molar-refractivity contribution in [2.75, 3.05) is 0 Å². The first-order valence-electron chi connectivity index (χ1n) is 3.50. The van der Waals surface area contributed by atoms with E-state index in [1.165, 1.54) is 6.07 Å². The van der Waals surface area contributed by atoms with Crippen molar-refractivity contribution in [2.24, 2.45) is 0 Å². The highest BCUT2D eigenvalue weighted by Gasteiger charge is 2.62. The summed E-state index contributed by atoms with van der Waals surface area (Å²) in [6.45, 7) is 0. The summed E-state index contributed by atoms with van der Waals surface area (Å²) < 4.78 is 61.8. The maximum absolute atomic E-state index is 12.8. The normalized spacial score (nSPS) is 15.4. The summed E-state index contributed by atoms with van der Waals surface area (Å²) >= 11 is 8.81. The smallest absolute Gasteiger partial charge is 0.194 e. The zero-order valence-corrected chi connectivity index (χ0v) is 9.94. The molecule has 1 aromatic rings. The van der Waals surface area contributed by atoms with Crippen LogP contribution in [0.3, 0.4) is 0 Å². The van der Waals surface area contributed by atoms with Gasteiger partial charge in [-0.3, -0.25) is 0 Å². The third-order valence-corrected chi connectivity index (χ3v) is 3.87. The Morgan fingerprint density at radius 1 is 1.20 bits per heavy atom. The Bertz CT molecular complexity index is 347. The van der Waals surface area contributed by atoms with Crippen LogP contribution in [0.25, 0.3) is 0 Å². The summed E-state index contributed by atoms with van der Waals surface area (Å²) in [6, 6.07) is 2.49. The number of halogens is 7. The van der Waals surface area contributed by atoms with Gasteiger partial charge in [0.15, 0.2) is 0 Å². The molecule has 1 rings (SSSR count). The van der Waals surface area contributed by atoms with Gasteiger partial charge in [-0.05, 0) is 28.1 Å². The first-order valence-corrected chi connectivity index (χ1v) is 5.54. The van der Waals surface area contributed by atoms with Crippen LogP contribution >= 0.6 is 38.9 Å². The molecule has 0 radical (unpaired) electrons. The molecule has 8 heteroatoms. The largest absolute Gasteiger partial charge is 0.455 e. The molecule has 0 aliphatic rings. The van der Waals surface area contributed by atoms with Gasteiger partial charge in [0, 0.05) is 4.88 Å². The van der Waals surface area contributed by atoms with Crippen LogP contribution in [-0.4, -0.2) is 12.1 Å². The van der Waals surface area contributed by atoms with E-state index < -0.39 is 17.5 Å². The first-order chi connectivity index (χ1) is 6.66. The summed E-state index contributed by atoms with van der Waals surface area (Å²) in [7, 11) is 0. The molecule has 0 amide bonds. The van der Waals surface area contributed by atoms with Gasteiger partial charge in [-0.15, -0.1) is 22.9 Å². The molecular formula is C7H3BrClF5S. The topological polar surface area (TPSA) is 0 Å². The summed E-state index contributed by atoms with van der Waals surface area (Å²) in [6.07, 6.45) is -5.64. The SMILES string of the molecule is FC(F)(F)C(F)(F)C(Cl)c1ccc(Br)s1. The molecule has 0 fully saturated rings. The maximum Gasteiger partial charge on any atom is 0.455 e. The second kappa shape index (κ2) is 4.18. The van der Waals surface area contributed by atoms with Gasteiger partial charge in [0.1, 0.15) is 5.38 Å². The fourth-order valence-electron chi connectivity index (χ4n) is 0.787. The fraction of sp³-hybridized carbons (Fsp3) is 0.429. The standard InChI is InChI=1S/C7H3BrClF5S/c8-4-2-1-3(15-4)5(9)6(10,11)7(12,13)14/h1-2,5H. The lowest BCUT2D eigenvalue weighted by Gasteiger charge is -2.23. The van der Waals surface area contributed by atoms with E-state index in [0.717, 1.165) is 17.4 Å². The minimum absolute atomic E-state index is 0.231. The molecule has 0 saturated carbocycles. The van der Waals surface area contributed by atoms with Crippen molar-refractivity contribution in [3.8, 4) is 0 Å². The Balaban J connectivity index is 2.99. The van der Waals surface area contributed by atoms with Crippen LogP contribution in [0.1, 0.15) is 10.3 Å². The van der Waals surface area contributed by atoms with Gasteiger partial charge in [-0.1, -0.05) is 0 Å². The molecule has 0 saturated heterocycles. The van der Waals surface area contributed by atoms with Gasteiger partial charge in [0.25, 0.3) is 0 Å². The fourth-order valence-corrected chi connectivity index (χ4v) is 2.56. The van der Waals surface area contributed by atoms with Gasteiger partial charge in [-0.2, -0.15) is 22.0 Å². The lowest BCUT2D eigenvalue weighted by atomic mass is 10.2. The number of hydrogen-bond acceptors (Lipinski definition) is 1. The third kappa shape index (κ3) is 2.62. The van der Waals surface area contributed by atoms with Crippen LogP contribution < -0.4 is 0 Å². The zero-order valence-electron chi connectivity index (χ0n) is 6.79. The van der Waals surface area contributed by atoms with Crippen molar-refractivity contribution in [1.82, 2.24) is 0 Å². The summed E-state index contributed by atoms with van der Waals surface area (Å²) in [5.74, 6) is -4.93. The molecule has 0 N–H and O–H groups in total. The predicted octanol–water partition coefficient (Wildman–Crippen LogP) is 4.99. The molecule has 0 nitrogen and oxygen atoms in total. The van der Waals surface area contributed by atoms with Crippen molar-refractivity contribution in [3.05, 3.63) is 20.8 Å². The Morgan fingerprint density at radius 2 is 1.73 bits per heavy atom. The van der Waals surface area contributed by atoms with Crippen LogP contribution in [0.2, 0.25) is 0 Å². The third-order valence-electron chi connectivity index (χ3n) is 1.54. The van der Waals surface area contributed by atoms with E-state index in [1.54, 1.807) is 0 Å². The average molecular weight is 330 g/mol. The summed E-state index contributed by atoms with van der Waals surface area (Å²) in [5.41, 5.74) is 0. The molecular weight excluding hydrogens is 326 g/mol. The lowest BCUT2D eigenvalue weighted by Crippen LogP contribution is -2.39. The van der Waals surface area contributed by atoms with Crippen molar-refractivity contribution < 1.29 is 22.0 Å². The molecule has 0 spiro atoms. The Labute approximate surface area is 99.2 Å². The highest BCUT2D eigenvalue weighted by Crippen LogP contribution is 2.49. The Morgan fingerprint density at radius 3 is 2.07 bits per heavy atom. The molecule has 0 aliphatic heterocycles. The molecule has 1 heterocycles. The summed E-state index contributed by atoms with van der Waals surface area (Å²) in [5, 5.41) is -2.39. The number of thiophene rings is 1. The monoisotopic (exact) mass is 328 g/mol. The first kappa shape index (κ1) is 13.2.